The lowest BCUT2D eigenvalue weighted by Crippen LogP contribution is -2.09. The number of fused-ring (bicyclic) bond motifs is 1. The topological polar surface area (TPSA) is 71.8 Å². The van der Waals surface area contributed by atoms with E-state index in [1.54, 1.807) is 10.9 Å². The van der Waals surface area contributed by atoms with Crippen molar-refractivity contribution in [2.75, 3.05) is 10.0 Å². The largest absolute Gasteiger partial charge is 0.364 e. The lowest BCUT2D eigenvalue weighted by Gasteiger charge is -2.15. The van der Waals surface area contributed by atoms with Gasteiger partial charge in [0.05, 0.1) is 17.6 Å². The Kier molecular flexibility index (Phi) is 5.55. The average molecular weight is 421 g/mol. The van der Waals surface area contributed by atoms with E-state index in [-0.39, 0.29) is 6.04 Å². The van der Waals surface area contributed by atoms with Crippen LogP contribution < -0.4 is 10.0 Å². The van der Waals surface area contributed by atoms with Gasteiger partial charge in [-0.15, -0.1) is 0 Å². The number of anilines is 2. The van der Waals surface area contributed by atoms with Gasteiger partial charge in [-0.3, -0.25) is 4.68 Å². The number of thiol groups is 1. The molecular formula is C23H26N5OS+. The van der Waals surface area contributed by atoms with Crippen LogP contribution in [0.15, 0.2) is 65.7 Å². The van der Waals surface area contributed by atoms with E-state index in [0.717, 1.165) is 22.9 Å². The summed E-state index contributed by atoms with van der Waals surface area (Å²) in [6, 6.07) is 18.6. The maximum absolute atomic E-state index is 12.7. The van der Waals surface area contributed by atoms with Crippen molar-refractivity contribution in [3.05, 3.63) is 77.7 Å². The van der Waals surface area contributed by atoms with Crippen LogP contribution in [-0.2, 0) is 22.2 Å². The quantitative estimate of drug-likeness (QED) is 0.346. The number of nitrogens with one attached hydrogen (secondary N) is 2. The second-order valence-corrected chi connectivity index (χ2v) is 8.78. The molecule has 2 atom stereocenters. The minimum atomic E-state index is -1.81. The molecule has 2 N–H and O–H groups in total. The molecule has 0 saturated carbocycles. The summed E-state index contributed by atoms with van der Waals surface area (Å²) in [6.07, 6.45) is 1.65. The summed E-state index contributed by atoms with van der Waals surface area (Å²) in [4.78, 5) is 5.11. The number of aryl methyl sites for hydroxylation is 2. The van der Waals surface area contributed by atoms with Gasteiger partial charge in [0.1, 0.15) is 11.5 Å². The van der Waals surface area contributed by atoms with E-state index in [2.05, 4.69) is 57.4 Å². The van der Waals surface area contributed by atoms with Gasteiger partial charge in [0, 0.05) is 19.2 Å². The molecule has 154 valence electrons. The van der Waals surface area contributed by atoms with Crippen molar-refractivity contribution in [3.8, 4) is 0 Å². The molecule has 4 aromatic rings. The van der Waals surface area contributed by atoms with Gasteiger partial charge >= 0.3 is 0 Å². The fourth-order valence-corrected chi connectivity index (χ4v) is 4.50. The number of aromatic nitrogens is 3. The monoisotopic (exact) mass is 420 g/mol. The highest BCUT2D eigenvalue weighted by Gasteiger charge is 2.17. The first-order valence-electron chi connectivity index (χ1n) is 9.88. The van der Waals surface area contributed by atoms with Gasteiger partial charge in [-0.1, -0.05) is 40.6 Å². The van der Waals surface area contributed by atoms with Gasteiger partial charge in [-0.2, -0.15) is 9.82 Å². The van der Waals surface area contributed by atoms with Crippen LogP contribution in [0.2, 0.25) is 0 Å². The van der Waals surface area contributed by atoms with E-state index in [1.807, 2.05) is 45.2 Å². The second kappa shape index (κ2) is 8.28. The summed E-state index contributed by atoms with van der Waals surface area (Å²) in [5, 5.41) is 10.2. The maximum atomic E-state index is 12.7. The van der Waals surface area contributed by atoms with Crippen LogP contribution in [0.3, 0.4) is 0 Å². The van der Waals surface area contributed by atoms with Crippen LogP contribution in [0, 0.1) is 13.8 Å². The van der Waals surface area contributed by atoms with Gasteiger partial charge in [-0.25, -0.2) is 4.98 Å². The fraction of sp³-hybridized carbons (Fsp3) is 0.217. The molecule has 0 radical (unpaired) electrons. The fourth-order valence-electron chi connectivity index (χ4n) is 3.48. The summed E-state index contributed by atoms with van der Waals surface area (Å²) in [5.74, 6) is 0.747. The molecule has 30 heavy (non-hydrogen) atoms. The minimum absolute atomic E-state index is 0.0977. The molecule has 2 aromatic heterocycles. The Morgan fingerprint density at radius 2 is 1.80 bits per heavy atom. The van der Waals surface area contributed by atoms with Gasteiger partial charge in [-0.05, 0) is 49.2 Å². The molecule has 4 rings (SSSR count). The highest BCUT2D eigenvalue weighted by molar-refractivity contribution is 7.86. The predicted octanol–water partition coefficient (Wildman–Crippen LogP) is 4.84. The second-order valence-electron chi connectivity index (χ2n) is 7.45. The van der Waals surface area contributed by atoms with Crippen LogP contribution in [0.25, 0.3) is 10.8 Å². The number of benzene rings is 2. The van der Waals surface area contributed by atoms with Crippen LogP contribution >= 0.6 is 0 Å². The zero-order valence-corrected chi connectivity index (χ0v) is 18.4. The van der Waals surface area contributed by atoms with Crippen LogP contribution in [0.1, 0.15) is 29.9 Å². The first kappa shape index (κ1) is 20.1. The Morgan fingerprint density at radius 1 is 1.03 bits per heavy atom. The molecule has 7 heteroatoms. The molecule has 6 nitrogen and oxygen atoms in total. The average Bonchev–Trinajstić information content (AvgIpc) is 2.99. The van der Waals surface area contributed by atoms with E-state index in [4.69, 9.17) is 0 Å². The predicted molar refractivity (Wildman–Crippen MR) is 124 cm³/mol. The smallest absolute Gasteiger partial charge is 0.198 e. The number of hydrogen-bond acceptors (Lipinski definition) is 4. The van der Waals surface area contributed by atoms with Gasteiger partial charge in [0.15, 0.2) is 15.9 Å². The summed E-state index contributed by atoms with van der Waals surface area (Å²) in [7, 11) is 0.0632. The van der Waals surface area contributed by atoms with Gasteiger partial charge < -0.3 is 5.32 Å². The minimum Gasteiger partial charge on any atom is -0.364 e. The van der Waals surface area contributed by atoms with Crippen LogP contribution in [-0.4, -0.2) is 14.8 Å². The number of nitrogens with zero attached hydrogens (tertiary/aromatic N) is 3. The number of pyridine rings is 1. The number of rotatable bonds is 6. The Hall–Kier alpha value is -3.19. The molecule has 0 saturated heterocycles. The lowest BCUT2D eigenvalue weighted by atomic mass is 10.0. The third-order valence-corrected chi connectivity index (χ3v) is 6.50. The summed E-state index contributed by atoms with van der Waals surface area (Å²) >= 11 is 0. The third-order valence-electron chi connectivity index (χ3n) is 5.34. The van der Waals surface area contributed by atoms with Crippen molar-refractivity contribution in [2.24, 2.45) is 7.05 Å². The summed E-state index contributed by atoms with van der Waals surface area (Å²) < 4.78 is 17.6. The van der Waals surface area contributed by atoms with Gasteiger partial charge in [0.2, 0.25) is 0 Å². The van der Waals surface area contributed by atoms with E-state index in [1.165, 1.54) is 16.3 Å². The van der Waals surface area contributed by atoms with E-state index < -0.39 is 11.0 Å². The molecule has 0 aliphatic heterocycles. The Bertz CT molecular complexity index is 1220. The Balaban J connectivity index is 1.45. The maximum Gasteiger partial charge on any atom is 0.198 e. The lowest BCUT2D eigenvalue weighted by molar-refractivity contribution is 0.598. The zero-order valence-electron chi connectivity index (χ0n) is 17.5. The van der Waals surface area contributed by atoms with Crippen molar-refractivity contribution in [1.29, 1.82) is 0 Å². The van der Waals surface area contributed by atoms with Crippen LogP contribution in [0.5, 0.6) is 0 Å². The Morgan fingerprint density at radius 3 is 2.47 bits per heavy atom. The van der Waals surface area contributed by atoms with E-state index in [9.17, 15) is 4.21 Å². The molecule has 0 bridgehead atoms. The Labute approximate surface area is 178 Å². The van der Waals surface area contributed by atoms with Gasteiger partial charge in [0.25, 0.3) is 0 Å². The van der Waals surface area contributed by atoms with Crippen molar-refractivity contribution in [2.45, 2.75) is 31.7 Å². The molecule has 0 amide bonds. The molecule has 2 aromatic carbocycles. The molecule has 2 heterocycles. The van der Waals surface area contributed by atoms with Crippen molar-refractivity contribution in [1.82, 2.24) is 14.8 Å². The summed E-state index contributed by atoms with van der Waals surface area (Å²) in [6.45, 7) is 5.96. The van der Waals surface area contributed by atoms with Crippen molar-refractivity contribution >= 4 is 33.3 Å². The highest BCUT2D eigenvalue weighted by atomic mass is 32.2. The summed E-state index contributed by atoms with van der Waals surface area (Å²) in [5.41, 5.74) is 3.78. The van der Waals surface area contributed by atoms with E-state index >= 15 is 0 Å². The standard InChI is InChI=1S/C23H25N5OS/c1-15(19-10-9-18-7-5-6-8-20(18)13-19)25-22-12-11-21(14-24-22)30(29)27-23-16(2)26-28(4)17(23)3/h5-15H,1-4H3,(H,24,25)(H,27,29)/p+1. The molecule has 2 unspecified atom stereocenters. The van der Waals surface area contributed by atoms with Crippen molar-refractivity contribution < 1.29 is 4.21 Å². The van der Waals surface area contributed by atoms with E-state index in [0.29, 0.717) is 4.90 Å². The zero-order chi connectivity index (χ0) is 21.3. The normalized spacial score (nSPS) is 13.2. The first-order valence-corrected chi connectivity index (χ1v) is 11.1. The highest BCUT2D eigenvalue weighted by Crippen LogP contribution is 2.24. The number of hydrogen-bond donors (Lipinski definition) is 2. The van der Waals surface area contributed by atoms with Crippen molar-refractivity contribution in [3.63, 3.8) is 0 Å². The first-order chi connectivity index (χ1) is 14.4. The molecule has 0 aliphatic rings. The molecule has 0 aliphatic carbocycles. The van der Waals surface area contributed by atoms with Crippen LogP contribution in [0.4, 0.5) is 11.5 Å². The molecule has 0 fully saturated rings. The molecule has 0 spiro atoms. The molecular weight excluding hydrogens is 394 g/mol. The third kappa shape index (κ3) is 4.07. The SMILES string of the molecule is Cc1nn(C)c(C)c1N[SH+](=O)c1ccc(NC(C)c2ccc3ccccc3c2)nc1.